The highest BCUT2D eigenvalue weighted by molar-refractivity contribution is 8.13. The predicted molar refractivity (Wildman–Crippen MR) is 73.4 cm³/mol. The van der Waals surface area contributed by atoms with E-state index in [4.69, 9.17) is 10.7 Å². The van der Waals surface area contributed by atoms with Crippen molar-refractivity contribution in [2.45, 2.75) is 30.6 Å². The first-order valence-electron chi connectivity index (χ1n) is 6.38. The lowest BCUT2D eigenvalue weighted by Gasteiger charge is -2.23. The van der Waals surface area contributed by atoms with Crippen molar-refractivity contribution in [2.75, 3.05) is 13.1 Å². The summed E-state index contributed by atoms with van der Waals surface area (Å²) in [5.74, 6) is -0.0957. The van der Waals surface area contributed by atoms with E-state index in [9.17, 15) is 12.8 Å². The Hall–Kier alpha value is -0.650. The van der Waals surface area contributed by atoms with Gasteiger partial charge in [0.25, 0.3) is 9.05 Å². The standard InChI is InChI=1S/C13H17ClFNO2S/c1-2-11(9-5-6-16-8-9)12-7-10(15)3-4-13(12)19(14,17)18/h3-4,7,9,11,16H,2,5-6,8H2,1H3/t9?,11-/m1/s1. The van der Waals surface area contributed by atoms with E-state index in [2.05, 4.69) is 5.32 Å². The molecule has 0 radical (unpaired) electrons. The molecule has 1 aliphatic heterocycles. The minimum Gasteiger partial charge on any atom is -0.316 e. The average Bonchev–Trinajstić information content (AvgIpc) is 2.82. The summed E-state index contributed by atoms with van der Waals surface area (Å²) in [6, 6.07) is 3.71. The van der Waals surface area contributed by atoms with E-state index in [1.54, 1.807) is 0 Å². The number of hydrogen-bond donors (Lipinski definition) is 1. The van der Waals surface area contributed by atoms with Crippen LogP contribution in [0.15, 0.2) is 23.1 Å². The highest BCUT2D eigenvalue weighted by Crippen LogP contribution is 2.36. The summed E-state index contributed by atoms with van der Waals surface area (Å²) in [4.78, 5) is 0.0364. The topological polar surface area (TPSA) is 46.2 Å². The molecule has 1 fully saturated rings. The van der Waals surface area contributed by atoms with Crippen molar-refractivity contribution in [1.82, 2.24) is 5.32 Å². The van der Waals surface area contributed by atoms with Crippen LogP contribution in [0.25, 0.3) is 0 Å². The molecule has 6 heteroatoms. The maximum absolute atomic E-state index is 13.5. The van der Waals surface area contributed by atoms with E-state index >= 15 is 0 Å². The molecule has 0 amide bonds. The molecule has 3 nitrogen and oxygen atoms in total. The zero-order valence-electron chi connectivity index (χ0n) is 10.7. The van der Waals surface area contributed by atoms with Crippen molar-refractivity contribution in [3.63, 3.8) is 0 Å². The van der Waals surface area contributed by atoms with Crippen LogP contribution in [0.5, 0.6) is 0 Å². The third-order valence-electron chi connectivity index (χ3n) is 3.74. The van der Waals surface area contributed by atoms with Crippen molar-refractivity contribution in [1.29, 1.82) is 0 Å². The van der Waals surface area contributed by atoms with Crippen LogP contribution in [0.3, 0.4) is 0 Å². The quantitative estimate of drug-likeness (QED) is 0.870. The fourth-order valence-corrected chi connectivity index (χ4v) is 4.00. The molecule has 2 rings (SSSR count). The fourth-order valence-electron chi connectivity index (χ4n) is 2.86. The van der Waals surface area contributed by atoms with Gasteiger partial charge < -0.3 is 5.32 Å². The first-order valence-corrected chi connectivity index (χ1v) is 8.69. The largest absolute Gasteiger partial charge is 0.316 e. The molecule has 1 heterocycles. The molecule has 1 unspecified atom stereocenters. The summed E-state index contributed by atoms with van der Waals surface area (Å²) in [5.41, 5.74) is 0.506. The number of hydrogen-bond acceptors (Lipinski definition) is 3. The van der Waals surface area contributed by atoms with Gasteiger partial charge >= 0.3 is 0 Å². The number of rotatable bonds is 4. The molecule has 1 N–H and O–H groups in total. The molecule has 0 spiro atoms. The molecule has 0 aromatic heterocycles. The molecular weight excluding hydrogens is 289 g/mol. The van der Waals surface area contributed by atoms with Crippen molar-refractivity contribution in [3.05, 3.63) is 29.6 Å². The zero-order valence-corrected chi connectivity index (χ0v) is 12.3. The second-order valence-electron chi connectivity index (χ2n) is 4.89. The van der Waals surface area contributed by atoms with Crippen molar-refractivity contribution in [3.8, 4) is 0 Å². The van der Waals surface area contributed by atoms with Crippen LogP contribution in [0.2, 0.25) is 0 Å². The molecule has 106 valence electrons. The van der Waals surface area contributed by atoms with Gasteiger partial charge in [0.15, 0.2) is 0 Å². The van der Waals surface area contributed by atoms with Crippen LogP contribution < -0.4 is 5.32 Å². The molecule has 19 heavy (non-hydrogen) atoms. The van der Waals surface area contributed by atoms with Gasteiger partial charge in [-0.3, -0.25) is 0 Å². The zero-order chi connectivity index (χ0) is 14.0. The van der Waals surface area contributed by atoms with Gasteiger partial charge in [0, 0.05) is 10.7 Å². The van der Waals surface area contributed by atoms with Gasteiger partial charge in [-0.25, -0.2) is 12.8 Å². The maximum atomic E-state index is 13.5. The molecule has 0 saturated carbocycles. The van der Waals surface area contributed by atoms with Crippen LogP contribution in [0.4, 0.5) is 4.39 Å². The fraction of sp³-hybridized carbons (Fsp3) is 0.538. The monoisotopic (exact) mass is 305 g/mol. The number of halogens is 2. The van der Waals surface area contributed by atoms with Crippen LogP contribution in [-0.4, -0.2) is 21.5 Å². The Morgan fingerprint density at radius 3 is 2.79 bits per heavy atom. The average molecular weight is 306 g/mol. The van der Waals surface area contributed by atoms with E-state index in [1.807, 2.05) is 6.92 Å². The maximum Gasteiger partial charge on any atom is 0.261 e. The normalized spacial score (nSPS) is 21.5. The third-order valence-corrected chi connectivity index (χ3v) is 5.14. The molecule has 0 bridgehead atoms. The second-order valence-corrected chi connectivity index (χ2v) is 7.42. The van der Waals surface area contributed by atoms with Crippen molar-refractivity contribution in [2.24, 2.45) is 5.92 Å². The second kappa shape index (κ2) is 5.77. The van der Waals surface area contributed by atoms with Gasteiger partial charge in [-0.15, -0.1) is 0 Å². The van der Waals surface area contributed by atoms with E-state index in [1.165, 1.54) is 12.1 Å². The summed E-state index contributed by atoms with van der Waals surface area (Å²) in [5, 5.41) is 3.25. The minimum absolute atomic E-state index is 0.00854. The van der Waals surface area contributed by atoms with Crippen LogP contribution >= 0.6 is 10.7 Å². The summed E-state index contributed by atoms with van der Waals surface area (Å²) in [7, 11) is 1.61. The van der Waals surface area contributed by atoms with Crippen LogP contribution in [-0.2, 0) is 9.05 Å². The van der Waals surface area contributed by atoms with Gasteiger partial charge in [-0.2, -0.15) is 0 Å². The van der Waals surface area contributed by atoms with E-state index in [0.29, 0.717) is 11.5 Å². The Morgan fingerprint density at radius 1 is 1.53 bits per heavy atom. The highest BCUT2D eigenvalue weighted by Gasteiger charge is 2.29. The van der Waals surface area contributed by atoms with Crippen LogP contribution in [0.1, 0.15) is 31.2 Å². The van der Waals surface area contributed by atoms with Gasteiger partial charge in [0.1, 0.15) is 5.82 Å². The first kappa shape index (κ1) is 14.8. The van der Waals surface area contributed by atoms with Gasteiger partial charge in [-0.05, 0) is 61.5 Å². The Kier molecular flexibility index (Phi) is 4.48. The van der Waals surface area contributed by atoms with E-state index in [0.717, 1.165) is 32.0 Å². The lowest BCUT2D eigenvalue weighted by Crippen LogP contribution is -2.18. The molecule has 2 atom stereocenters. The van der Waals surface area contributed by atoms with Crippen molar-refractivity contribution >= 4 is 19.7 Å². The van der Waals surface area contributed by atoms with Crippen molar-refractivity contribution < 1.29 is 12.8 Å². The summed E-state index contributed by atoms with van der Waals surface area (Å²) < 4.78 is 36.7. The Morgan fingerprint density at radius 2 is 2.26 bits per heavy atom. The highest BCUT2D eigenvalue weighted by atomic mass is 35.7. The van der Waals surface area contributed by atoms with E-state index in [-0.39, 0.29) is 10.8 Å². The third kappa shape index (κ3) is 3.27. The van der Waals surface area contributed by atoms with E-state index < -0.39 is 14.9 Å². The minimum atomic E-state index is -3.85. The smallest absolute Gasteiger partial charge is 0.261 e. The summed E-state index contributed by atoms with van der Waals surface area (Å²) >= 11 is 0. The predicted octanol–water partition coefficient (Wildman–Crippen LogP) is 2.86. The lowest BCUT2D eigenvalue weighted by molar-refractivity contribution is 0.438. The number of nitrogens with one attached hydrogen (secondary N) is 1. The molecule has 1 aromatic carbocycles. The van der Waals surface area contributed by atoms with Gasteiger partial charge in [0.2, 0.25) is 0 Å². The molecule has 1 aliphatic rings. The summed E-state index contributed by atoms with van der Waals surface area (Å²) in [6.07, 6.45) is 1.73. The van der Waals surface area contributed by atoms with Crippen LogP contribution in [0, 0.1) is 11.7 Å². The van der Waals surface area contributed by atoms with Gasteiger partial charge in [0.05, 0.1) is 4.90 Å². The summed E-state index contributed by atoms with van der Waals surface area (Å²) in [6.45, 7) is 3.73. The molecular formula is C13H17ClFNO2S. The first-order chi connectivity index (χ1) is 8.93. The lowest BCUT2D eigenvalue weighted by atomic mass is 9.83. The molecule has 1 saturated heterocycles. The van der Waals surface area contributed by atoms with Gasteiger partial charge in [-0.1, -0.05) is 6.92 Å². The molecule has 0 aliphatic carbocycles. The SMILES string of the molecule is CC[C@@H](c1cc(F)ccc1S(=O)(=O)Cl)C1CCNC1. The Labute approximate surface area is 117 Å². The molecule has 1 aromatic rings. The Bertz CT molecular complexity index is 556. The Balaban J connectivity index is 2.49. The number of benzene rings is 1.